The third-order valence-corrected chi connectivity index (χ3v) is 4.92. The molecule has 1 heterocycles. The molecule has 27 heavy (non-hydrogen) atoms. The van der Waals surface area contributed by atoms with Crippen LogP contribution in [0.5, 0.6) is 0 Å². The monoisotopic (exact) mass is 346 g/mol. The minimum atomic E-state index is 0.705. The van der Waals surface area contributed by atoms with E-state index >= 15 is 0 Å². The normalized spacial score (nSPS) is 13.5. The van der Waals surface area contributed by atoms with E-state index in [4.69, 9.17) is 9.98 Å². The number of nitrogens with zero attached hydrogens (tertiary/aromatic N) is 2. The quantitative estimate of drug-likeness (QED) is 0.396. The smallest absolute Gasteiger partial charge is 0.0889 e. The van der Waals surface area contributed by atoms with Crippen LogP contribution in [0.1, 0.15) is 17.5 Å². The third-order valence-electron chi connectivity index (χ3n) is 4.92. The van der Waals surface area contributed by atoms with Crippen molar-refractivity contribution in [2.45, 2.75) is 6.42 Å². The van der Waals surface area contributed by atoms with Gasteiger partial charge in [0.25, 0.3) is 0 Å². The standard InChI is InChI=1S/C25H18N2/c1-2-9-19(10-3-1)24-17-25(27-23-13-7-6-12-22(23)26-24)21-15-14-18-8-4-5-11-20(18)16-21/h1-16H,17H2. The molecule has 0 unspecified atom stereocenters. The van der Waals surface area contributed by atoms with Crippen molar-refractivity contribution in [1.82, 2.24) is 0 Å². The maximum atomic E-state index is 4.99. The van der Waals surface area contributed by atoms with E-state index in [9.17, 15) is 0 Å². The van der Waals surface area contributed by atoms with Crippen LogP contribution in [0.25, 0.3) is 10.8 Å². The predicted molar refractivity (Wildman–Crippen MR) is 114 cm³/mol. The molecule has 1 aliphatic rings. The molecule has 0 amide bonds. The summed E-state index contributed by atoms with van der Waals surface area (Å²) in [4.78, 5) is 9.94. The molecule has 5 rings (SSSR count). The van der Waals surface area contributed by atoms with Gasteiger partial charge in [-0.1, -0.05) is 78.9 Å². The van der Waals surface area contributed by atoms with Gasteiger partial charge in [-0.25, -0.2) is 0 Å². The summed E-state index contributed by atoms with van der Waals surface area (Å²) in [7, 11) is 0. The SMILES string of the molecule is c1ccc(C2=Nc3ccccc3N=C(c3ccc4ccccc4c3)C2)cc1. The molecular weight excluding hydrogens is 328 g/mol. The molecular formula is C25H18N2. The topological polar surface area (TPSA) is 24.7 Å². The molecule has 4 aromatic carbocycles. The number of para-hydroxylation sites is 2. The lowest BCUT2D eigenvalue weighted by molar-refractivity contribution is 1.45. The van der Waals surface area contributed by atoms with Crippen LogP contribution < -0.4 is 0 Å². The van der Waals surface area contributed by atoms with E-state index in [1.165, 1.54) is 10.8 Å². The van der Waals surface area contributed by atoms with Crippen molar-refractivity contribution in [1.29, 1.82) is 0 Å². The van der Waals surface area contributed by atoms with Gasteiger partial charge in [-0.2, -0.15) is 0 Å². The Balaban J connectivity index is 1.67. The van der Waals surface area contributed by atoms with Crippen molar-refractivity contribution in [2.75, 3.05) is 0 Å². The fourth-order valence-corrected chi connectivity index (χ4v) is 3.51. The van der Waals surface area contributed by atoms with Gasteiger partial charge in [0.15, 0.2) is 0 Å². The lowest BCUT2D eigenvalue weighted by atomic mass is 9.98. The molecule has 1 aliphatic heterocycles. The van der Waals surface area contributed by atoms with Crippen LogP contribution in [0.15, 0.2) is 107 Å². The van der Waals surface area contributed by atoms with E-state index in [0.29, 0.717) is 6.42 Å². The first-order valence-electron chi connectivity index (χ1n) is 9.15. The lowest BCUT2D eigenvalue weighted by Crippen LogP contribution is -2.09. The van der Waals surface area contributed by atoms with Crippen molar-refractivity contribution >= 4 is 33.6 Å². The summed E-state index contributed by atoms with van der Waals surface area (Å²) in [5.41, 5.74) is 6.23. The molecule has 0 N–H and O–H groups in total. The molecule has 128 valence electrons. The largest absolute Gasteiger partial charge is 0.250 e. The van der Waals surface area contributed by atoms with Crippen molar-refractivity contribution in [2.24, 2.45) is 9.98 Å². The average molecular weight is 346 g/mol. The summed E-state index contributed by atoms with van der Waals surface area (Å²) < 4.78 is 0. The van der Waals surface area contributed by atoms with Crippen molar-refractivity contribution in [3.8, 4) is 0 Å². The van der Waals surface area contributed by atoms with E-state index in [2.05, 4.69) is 66.7 Å². The van der Waals surface area contributed by atoms with Gasteiger partial charge in [0.05, 0.1) is 22.8 Å². The van der Waals surface area contributed by atoms with Gasteiger partial charge in [-0.3, -0.25) is 9.98 Å². The van der Waals surface area contributed by atoms with Crippen LogP contribution in [-0.2, 0) is 0 Å². The number of hydrogen-bond donors (Lipinski definition) is 0. The first kappa shape index (κ1) is 15.7. The van der Waals surface area contributed by atoms with E-state index < -0.39 is 0 Å². The summed E-state index contributed by atoms with van der Waals surface area (Å²) in [5.74, 6) is 0. The Bertz CT molecular complexity index is 1190. The summed E-state index contributed by atoms with van der Waals surface area (Å²) in [5, 5.41) is 2.47. The number of rotatable bonds is 2. The second-order valence-electron chi connectivity index (χ2n) is 6.71. The van der Waals surface area contributed by atoms with E-state index in [-0.39, 0.29) is 0 Å². The van der Waals surface area contributed by atoms with Gasteiger partial charge >= 0.3 is 0 Å². The minimum Gasteiger partial charge on any atom is -0.250 e. The molecule has 0 aromatic heterocycles. The first-order valence-corrected chi connectivity index (χ1v) is 9.15. The zero-order chi connectivity index (χ0) is 18.1. The Morgan fingerprint density at radius 2 is 1.07 bits per heavy atom. The summed E-state index contributed by atoms with van der Waals surface area (Å²) in [6, 6.07) is 33.5. The van der Waals surface area contributed by atoms with Crippen LogP contribution in [0.3, 0.4) is 0 Å². The van der Waals surface area contributed by atoms with Gasteiger partial charge in [0.1, 0.15) is 0 Å². The van der Waals surface area contributed by atoms with Gasteiger partial charge < -0.3 is 0 Å². The first-order chi connectivity index (χ1) is 13.4. The highest BCUT2D eigenvalue weighted by atomic mass is 14.9. The average Bonchev–Trinajstić information content (AvgIpc) is 2.94. The Morgan fingerprint density at radius 3 is 1.81 bits per heavy atom. The second kappa shape index (κ2) is 6.65. The summed E-state index contributed by atoms with van der Waals surface area (Å²) >= 11 is 0. The van der Waals surface area contributed by atoms with Crippen LogP contribution in [0, 0.1) is 0 Å². The molecule has 2 nitrogen and oxygen atoms in total. The zero-order valence-corrected chi connectivity index (χ0v) is 14.8. The van der Waals surface area contributed by atoms with Gasteiger partial charge in [-0.05, 0) is 40.1 Å². The number of aliphatic imine (C=N–C) groups is 2. The van der Waals surface area contributed by atoms with Crippen LogP contribution >= 0.6 is 0 Å². The highest BCUT2D eigenvalue weighted by Gasteiger charge is 2.16. The molecule has 0 bridgehead atoms. The maximum absolute atomic E-state index is 4.99. The van der Waals surface area contributed by atoms with Crippen molar-refractivity contribution < 1.29 is 0 Å². The zero-order valence-electron chi connectivity index (χ0n) is 14.8. The van der Waals surface area contributed by atoms with Gasteiger partial charge in [-0.15, -0.1) is 0 Å². The Morgan fingerprint density at radius 1 is 0.481 bits per heavy atom. The number of hydrogen-bond acceptors (Lipinski definition) is 2. The van der Waals surface area contributed by atoms with Crippen LogP contribution in [-0.4, -0.2) is 11.4 Å². The summed E-state index contributed by atoms with van der Waals surface area (Å²) in [6.07, 6.45) is 0.705. The van der Waals surface area contributed by atoms with Crippen molar-refractivity contribution in [3.05, 3.63) is 108 Å². The fourth-order valence-electron chi connectivity index (χ4n) is 3.51. The van der Waals surface area contributed by atoms with Gasteiger partial charge in [0, 0.05) is 6.42 Å². The molecule has 0 radical (unpaired) electrons. The number of benzene rings is 4. The Labute approximate surface area is 158 Å². The number of fused-ring (bicyclic) bond motifs is 2. The lowest BCUT2D eigenvalue weighted by Gasteiger charge is -2.09. The predicted octanol–water partition coefficient (Wildman–Crippen LogP) is 6.49. The highest BCUT2D eigenvalue weighted by Crippen LogP contribution is 2.33. The van der Waals surface area contributed by atoms with Crippen molar-refractivity contribution in [3.63, 3.8) is 0 Å². The third kappa shape index (κ3) is 3.06. The second-order valence-corrected chi connectivity index (χ2v) is 6.71. The molecule has 0 saturated heterocycles. The minimum absolute atomic E-state index is 0.705. The Kier molecular flexibility index (Phi) is 3.87. The molecule has 0 aliphatic carbocycles. The Hall–Kier alpha value is -3.52. The van der Waals surface area contributed by atoms with E-state index in [0.717, 1.165) is 33.9 Å². The highest BCUT2D eigenvalue weighted by molar-refractivity contribution is 6.20. The summed E-state index contributed by atoms with van der Waals surface area (Å²) in [6.45, 7) is 0. The molecule has 0 atom stereocenters. The fraction of sp³-hybridized carbons (Fsp3) is 0.0400. The molecule has 2 heteroatoms. The van der Waals surface area contributed by atoms with Crippen LogP contribution in [0.4, 0.5) is 11.4 Å². The van der Waals surface area contributed by atoms with Crippen LogP contribution in [0.2, 0.25) is 0 Å². The molecule has 0 spiro atoms. The maximum Gasteiger partial charge on any atom is 0.0889 e. The van der Waals surface area contributed by atoms with E-state index in [1.54, 1.807) is 0 Å². The molecule has 4 aromatic rings. The van der Waals surface area contributed by atoms with E-state index in [1.807, 2.05) is 30.3 Å². The molecule has 0 fully saturated rings. The van der Waals surface area contributed by atoms with Gasteiger partial charge in [0.2, 0.25) is 0 Å². The molecule has 0 saturated carbocycles.